The first-order valence-corrected chi connectivity index (χ1v) is 13.0. The lowest BCUT2D eigenvalue weighted by atomic mass is 10.1. The van der Waals surface area contributed by atoms with E-state index < -0.39 is 11.2 Å². The molecule has 1 unspecified atom stereocenters. The van der Waals surface area contributed by atoms with Crippen LogP contribution in [0, 0.1) is 0 Å². The molecular formula is C26H29Cl2NO3S. The molecular weight excluding hydrogens is 477 g/mol. The predicted molar refractivity (Wildman–Crippen MR) is 137 cm³/mol. The van der Waals surface area contributed by atoms with Crippen molar-refractivity contribution in [1.82, 2.24) is 4.98 Å². The molecule has 33 heavy (non-hydrogen) atoms. The van der Waals surface area contributed by atoms with Gasteiger partial charge < -0.3 is 9.52 Å². The zero-order chi connectivity index (χ0) is 23.6. The Balaban J connectivity index is 1.75. The molecule has 0 saturated heterocycles. The normalized spacial score (nSPS) is 12.1. The maximum absolute atomic E-state index is 11.9. The number of carbonyl (C=O) groups is 1. The van der Waals surface area contributed by atoms with Crippen LogP contribution in [0.4, 0.5) is 0 Å². The van der Waals surface area contributed by atoms with E-state index in [9.17, 15) is 9.90 Å². The number of unbranched alkanes of at least 4 members (excludes halogenated alkanes) is 6. The van der Waals surface area contributed by atoms with E-state index in [4.69, 9.17) is 27.6 Å². The second-order valence-corrected chi connectivity index (χ2v) is 10.1. The first-order valence-electron chi connectivity index (χ1n) is 11.4. The number of nitrogens with zero attached hydrogens (tertiary/aromatic N) is 1. The van der Waals surface area contributed by atoms with Crippen molar-refractivity contribution in [3.05, 3.63) is 58.6 Å². The van der Waals surface area contributed by atoms with Crippen LogP contribution in [0.2, 0.25) is 10.0 Å². The van der Waals surface area contributed by atoms with Gasteiger partial charge in [0.15, 0.2) is 5.76 Å². The van der Waals surface area contributed by atoms with Crippen molar-refractivity contribution in [2.45, 2.75) is 68.8 Å². The van der Waals surface area contributed by atoms with Crippen LogP contribution in [0.5, 0.6) is 0 Å². The maximum atomic E-state index is 11.9. The number of benzene rings is 2. The van der Waals surface area contributed by atoms with Gasteiger partial charge in [0, 0.05) is 21.2 Å². The lowest BCUT2D eigenvalue weighted by molar-refractivity contribution is -0.136. The minimum atomic E-state index is -0.842. The van der Waals surface area contributed by atoms with Gasteiger partial charge in [0.05, 0.1) is 0 Å². The molecule has 1 atom stereocenters. The molecule has 0 spiro atoms. The van der Waals surface area contributed by atoms with Gasteiger partial charge in [-0.15, -0.1) is 0 Å². The Morgan fingerprint density at radius 3 is 2.03 bits per heavy atom. The second-order valence-electron chi connectivity index (χ2n) is 8.03. The quantitative estimate of drug-likeness (QED) is 0.185. The van der Waals surface area contributed by atoms with Crippen LogP contribution in [0.25, 0.3) is 22.6 Å². The highest BCUT2D eigenvalue weighted by molar-refractivity contribution is 8.00. The van der Waals surface area contributed by atoms with E-state index >= 15 is 0 Å². The van der Waals surface area contributed by atoms with Gasteiger partial charge in [-0.05, 0) is 42.8 Å². The lowest BCUT2D eigenvalue weighted by Gasteiger charge is -2.09. The zero-order valence-corrected chi connectivity index (χ0v) is 21.1. The molecule has 0 radical (unpaired) electrons. The summed E-state index contributed by atoms with van der Waals surface area (Å²) in [6, 6.07) is 14.7. The van der Waals surface area contributed by atoms with E-state index in [2.05, 4.69) is 11.9 Å². The molecule has 176 valence electrons. The summed E-state index contributed by atoms with van der Waals surface area (Å²) in [5.41, 5.74) is 2.32. The average Bonchev–Trinajstić information content (AvgIpc) is 3.22. The third-order valence-corrected chi connectivity index (χ3v) is 7.02. The average molecular weight is 506 g/mol. The summed E-state index contributed by atoms with van der Waals surface area (Å²) in [5.74, 6) is -0.262. The molecule has 1 N–H and O–H groups in total. The van der Waals surface area contributed by atoms with Gasteiger partial charge in [0.1, 0.15) is 10.9 Å². The third kappa shape index (κ3) is 7.80. The van der Waals surface area contributed by atoms with E-state index in [1.807, 2.05) is 24.3 Å². The monoisotopic (exact) mass is 505 g/mol. The molecule has 0 amide bonds. The highest BCUT2D eigenvalue weighted by Gasteiger charge is 2.24. The van der Waals surface area contributed by atoms with Crippen molar-refractivity contribution in [1.29, 1.82) is 0 Å². The Morgan fingerprint density at radius 2 is 1.45 bits per heavy atom. The fraction of sp³-hybridized carbons (Fsp3) is 0.385. The number of aliphatic carboxylic acids is 1. The summed E-state index contributed by atoms with van der Waals surface area (Å²) < 4.78 is 6.09. The van der Waals surface area contributed by atoms with E-state index in [1.54, 1.807) is 24.3 Å². The van der Waals surface area contributed by atoms with Gasteiger partial charge in [-0.3, -0.25) is 4.79 Å². The first kappa shape index (κ1) is 25.7. The van der Waals surface area contributed by atoms with Gasteiger partial charge in [0.2, 0.25) is 0 Å². The Labute approximate surface area is 209 Å². The molecule has 0 fully saturated rings. The summed E-state index contributed by atoms with van der Waals surface area (Å²) in [7, 11) is 0. The van der Waals surface area contributed by atoms with Crippen molar-refractivity contribution in [2.75, 3.05) is 0 Å². The highest BCUT2D eigenvalue weighted by atomic mass is 35.5. The zero-order valence-electron chi connectivity index (χ0n) is 18.7. The van der Waals surface area contributed by atoms with Crippen molar-refractivity contribution >= 4 is 40.9 Å². The van der Waals surface area contributed by atoms with Crippen LogP contribution >= 0.6 is 35.0 Å². The van der Waals surface area contributed by atoms with Gasteiger partial charge >= 0.3 is 5.97 Å². The number of thioether (sulfide) groups is 1. The number of rotatable bonds is 13. The van der Waals surface area contributed by atoms with Gasteiger partial charge in [0.25, 0.3) is 5.22 Å². The number of carboxylic acids is 1. The minimum absolute atomic E-state index is 0.347. The summed E-state index contributed by atoms with van der Waals surface area (Å²) in [6.45, 7) is 2.20. The van der Waals surface area contributed by atoms with Crippen LogP contribution < -0.4 is 0 Å². The van der Waals surface area contributed by atoms with E-state index in [0.717, 1.165) is 30.4 Å². The van der Waals surface area contributed by atoms with Crippen LogP contribution in [-0.2, 0) is 4.79 Å². The summed E-state index contributed by atoms with van der Waals surface area (Å²) in [5, 5.41) is 10.8. The smallest absolute Gasteiger partial charge is 0.317 e. The van der Waals surface area contributed by atoms with Gasteiger partial charge in [-0.2, -0.15) is 0 Å². The molecule has 0 aliphatic heterocycles. The molecule has 0 aliphatic rings. The summed E-state index contributed by atoms with van der Waals surface area (Å²) in [6.07, 6.45) is 8.63. The summed E-state index contributed by atoms with van der Waals surface area (Å²) >= 11 is 13.3. The van der Waals surface area contributed by atoms with Crippen molar-refractivity contribution in [3.8, 4) is 22.6 Å². The molecule has 4 nitrogen and oxygen atoms in total. The molecule has 1 heterocycles. The van der Waals surface area contributed by atoms with E-state index in [1.165, 1.54) is 37.4 Å². The number of aromatic nitrogens is 1. The fourth-order valence-corrected chi connectivity index (χ4v) is 4.75. The highest BCUT2D eigenvalue weighted by Crippen LogP contribution is 2.38. The van der Waals surface area contributed by atoms with Crippen LogP contribution in [0.3, 0.4) is 0 Å². The standard InChI is InChI=1S/C26H29Cl2NO3S/c1-2-3-4-5-6-7-8-9-22(25(30)31)33-26-29-23(18-10-14-20(27)15-11-18)24(32-26)19-12-16-21(28)17-13-19/h10-17,22H,2-9H2,1H3,(H,30,31). The van der Waals surface area contributed by atoms with Crippen molar-refractivity contribution in [3.63, 3.8) is 0 Å². The molecule has 1 aromatic heterocycles. The number of halogens is 2. The Hall–Kier alpha value is -1.95. The molecule has 0 aliphatic carbocycles. The molecule has 3 rings (SSSR count). The molecule has 0 saturated carbocycles. The predicted octanol–water partition coefficient (Wildman–Crippen LogP) is 9.00. The SMILES string of the molecule is CCCCCCCCCC(Sc1nc(-c2ccc(Cl)cc2)c(-c2ccc(Cl)cc2)o1)C(=O)O. The van der Waals surface area contributed by atoms with Crippen molar-refractivity contribution in [2.24, 2.45) is 0 Å². The Kier molecular flexibility index (Phi) is 10.2. The second kappa shape index (κ2) is 13.1. The van der Waals surface area contributed by atoms with Crippen LogP contribution in [-0.4, -0.2) is 21.3 Å². The van der Waals surface area contributed by atoms with Crippen LogP contribution in [0.15, 0.2) is 58.2 Å². The first-order chi connectivity index (χ1) is 16.0. The van der Waals surface area contributed by atoms with Gasteiger partial charge in [-0.1, -0.05) is 99.0 Å². The largest absolute Gasteiger partial charge is 0.480 e. The number of oxazole rings is 1. The molecule has 7 heteroatoms. The molecule has 0 bridgehead atoms. The van der Waals surface area contributed by atoms with E-state index in [-0.39, 0.29) is 0 Å². The third-order valence-electron chi connectivity index (χ3n) is 5.42. The van der Waals surface area contributed by atoms with Crippen LogP contribution in [0.1, 0.15) is 58.3 Å². The number of hydrogen-bond donors (Lipinski definition) is 1. The summed E-state index contributed by atoms with van der Waals surface area (Å²) in [4.78, 5) is 16.6. The number of carboxylic acid groups (broad SMARTS) is 1. The maximum Gasteiger partial charge on any atom is 0.317 e. The Morgan fingerprint density at radius 1 is 0.909 bits per heavy atom. The fourth-order valence-electron chi connectivity index (χ4n) is 3.59. The van der Waals surface area contributed by atoms with E-state index in [0.29, 0.717) is 33.1 Å². The lowest BCUT2D eigenvalue weighted by Crippen LogP contribution is -2.16. The van der Waals surface area contributed by atoms with Crippen molar-refractivity contribution < 1.29 is 14.3 Å². The molecule has 2 aromatic carbocycles. The number of hydrogen-bond acceptors (Lipinski definition) is 4. The Bertz CT molecular complexity index is 956. The molecule has 3 aromatic rings. The minimum Gasteiger partial charge on any atom is -0.480 e. The topological polar surface area (TPSA) is 63.3 Å². The van der Waals surface area contributed by atoms with Gasteiger partial charge in [-0.25, -0.2) is 4.98 Å².